The Bertz CT molecular complexity index is 540. The van der Waals surface area contributed by atoms with Gasteiger partial charge in [0.25, 0.3) is 0 Å². The van der Waals surface area contributed by atoms with E-state index in [4.69, 9.17) is 11.6 Å². The first kappa shape index (κ1) is 16.7. The van der Waals surface area contributed by atoms with E-state index in [9.17, 15) is 8.42 Å². The predicted molar refractivity (Wildman–Crippen MR) is 85.9 cm³/mol. The van der Waals surface area contributed by atoms with Gasteiger partial charge in [-0.1, -0.05) is 13.0 Å². The lowest BCUT2D eigenvalue weighted by molar-refractivity contribution is 0.247. The van der Waals surface area contributed by atoms with Crippen LogP contribution >= 0.6 is 11.6 Å². The number of sulfonamides is 1. The summed E-state index contributed by atoms with van der Waals surface area (Å²) in [4.78, 5) is 4.16. The van der Waals surface area contributed by atoms with Gasteiger partial charge in [0, 0.05) is 29.7 Å². The number of alkyl halides is 1. The number of hydrogen-bond donors (Lipinski definition) is 1. The minimum atomic E-state index is -3.34. The minimum Gasteiger partial charge on any atom is -0.261 e. The molecule has 0 unspecified atom stereocenters. The monoisotopic (exact) mass is 330 g/mol. The highest BCUT2D eigenvalue weighted by molar-refractivity contribution is 7.89. The van der Waals surface area contributed by atoms with Gasteiger partial charge in [0.05, 0.1) is 5.75 Å². The van der Waals surface area contributed by atoms with Crippen molar-refractivity contribution >= 4 is 21.6 Å². The highest BCUT2D eigenvalue weighted by Crippen LogP contribution is 2.33. The van der Waals surface area contributed by atoms with Gasteiger partial charge in [0.2, 0.25) is 10.0 Å². The Balaban J connectivity index is 1.96. The number of aryl methyl sites for hydroxylation is 1. The van der Waals surface area contributed by atoms with Crippen molar-refractivity contribution in [3.05, 3.63) is 30.1 Å². The van der Waals surface area contributed by atoms with Crippen LogP contribution in [0, 0.1) is 5.92 Å². The van der Waals surface area contributed by atoms with Gasteiger partial charge in [-0.25, -0.2) is 13.1 Å². The summed E-state index contributed by atoms with van der Waals surface area (Å²) in [6.45, 7) is 2.20. The van der Waals surface area contributed by atoms with Crippen LogP contribution in [0.25, 0.3) is 0 Å². The van der Waals surface area contributed by atoms with Crippen LogP contribution < -0.4 is 4.72 Å². The Hall–Kier alpha value is -0.650. The van der Waals surface area contributed by atoms with Crippen LogP contribution in [0.1, 0.15) is 38.3 Å². The van der Waals surface area contributed by atoms with E-state index in [0.29, 0.717) is 18.2 Å². The standard InChI is InChI=1S/C15H23ClN2O2S/c1-13-5-8-15(12-16,9-6-13)18-21(19,20)11-7-14-4-2-3-10-17-14/h2-4,10,13,18H,5-9,11-12H2,1H3. The molecule has 0 saturated heterocycles. The summed E-state index contributed by atoms with van der Waals surface area (Å²) >= 11 is 6.07. The SMILES string of the molecule is CC1CCC(CCl)(NS(=O)(=O)CCc2ccccn2)CC1. The molecule has 6 heteroatoms. The minimum absolute atomic E-state index is 0.0538. The summed E-state index contributed by atoms with van der Waals surface area (Å²) in [5, 5.41) is 0. The lowest BCUT2D eigenvalue weighted by Gasteiger charge is -2.38. The van der Waals surface area contributed by atoms with Crippen molar-refractivity contribution in [3.8, 4) is 0 Å². The number of hydrogen-bond acceptors (Lipinski definition) is 3. The normalized spacial score (nSPS) is 26.7. The van der Waals surface area contributed by atoms with E-state index in [-0.39, 0.29) is 5.75 Å². The quantitative estimate of drug-likeness (QED) is 0.816. The zero-order valence-corrected chi connectivity index (χ0v) is 14.0. The molecule has 1 aliphatic rings. The fourth-order valence-corrected chi connectivity index (χ4v) is 4.67. The Labute approximate surface area is 132 Å². The fraction of sp³-hybridized carbons (Fsp3) is 0.667. The molecule has 1 saturated carbocycles. The number of pyridine rings is 1. The molecule has 1 aliphatic carbocycles. The molecular formula is C15H23ClN2O2S. The molecule has 0 aromatic carbocycles. The summed E-state index contributed by atoms with van der Waals surface area (Å²) in [6, 6.07) is 5.53. The highest BCUT2D eigenvalue weighted by atomic mass is 35.5. The lowest BCUT2D eigenvalue weighted by Crippen LogP contribution is -2.52. The Kier molecular flexibility index (Phi) is 5.63. The first-order valence-corrected chi connectivity index (χ1v) is 9.61. The van der Waals surface area contributed by atoms with Crippen LogP contribution in [0.4, 0.5) is 0 Å². The smallest absolute Gasteiger partial charge is 0.212 e. The van der Waals surface area contributed by atoms with Crippen molar-refractivity contribution in [2.75, 3.05) is 11.6 Å². The van der Waals surface area contributed by atoms with E-state index < -0.39 is 15.6 Å². The molecule has 1 fully saturated rings. The zero-order chi connectivity index (χ0) is 15.3. The van der Waals surface area contributed by atoms with Crippen molar-refractivity contribution < 1.29 is 8.42 Å². The first-order chi connectivity index (χ1) is 9.95. The topological polar surface area (TPSA) is 59.1 Å². The van der Waals surface area contributed by atoms with Crippen molar-refractivity contribution in [1.29, 1.82) is 0 Å². The molecule has 1 aromatic rings. The van der Waals surface area contributed by atoms with Crippen molar-refractivity contribution in [2.24, 2.45) is 5.92 Å². The molecule has 0 bridgehead atoms. The molecule has 1 aromatic heterocycles. The third-order valence-corrected chi connectivity index (χ3v) is 6.21. The second-order valence-electron chi connectivity index (χ2n) is 6.09. The third-order valence-electron chi connectivity index (χ3n) is 4.21. The van der Waals surface area contributed by atoms with E-state index in [1.54, 1.807) is 6.20 Å². The largest absolute Gasteiger partial charge is 0.261 e. The molecule has 1 heterocycles. The number of nitrogens with one attached hydrogen (secondary N) is 1. The van der Waals surface area contributed by atoms with Gasteiger partial charge in [-0.2, -0.15) is 0 Å². The van der Waals surface area contributed by atoms with Gasteiger partial charge in [-0.05, 0) is 43.7 Å². The van der Waals surface area contributed by atoms with Crippen LogP contribution in [-0.4, -0.2) is 30.6 Å². The molecule has 0 amide bonds. The molecule has 0 aliphatic heterocycles. The summed E-state index contributed by atoms with van der Waals surface area (Å²) < 4.78 is 27.5. The molecule has 0 radical (unpaired) electrons. The van der Waals surface area contributed by atoms with Gasteiger partial charge in [0.15, 0.2) is 0 Å². The zero-order valence-electron chi connectivity index (χ0n) is 12.4. The van der Waals surface area contributed by atoms with Crippen molar-refractivity contribution in [3.63, 3.8) is 0 Å². The van der Waals surface area contributed by atoms with Crippen molar-refractivity contribution in [2.45, 2.75) is 44.6 Å². The number of rotatable bonds is 6. The second-order valence-corrected chi connectivity index (χ2v) is 8.20. The Morgan fingerprint density at radius 1 is 1.38 bits per heavy atom. The van der Waals surface area contributed by atoms with Gasteiger partial charge in [-0.15, -0.1) is 11.6 Å². The summed E-state index contributed by atoms with van der Waals surface area (Å²) in [6.07, 6.45) is 5.79. The molecular weight excluding hydrogens is 308 g/mol. The summed E-state index contributed by atoms with van der Waals surface area (Å²) in [5.74, 6) is 1.04. The maximum absolute atomic E-state index is 12.3. The Morgan fingerprint density at radius 2 is 2.10 bits per heavy atom. The molecule has 21 heavy (non-hydrogen) atoms. The fourth-order valence-electron chi connectivity index (χ4n) is 2.74. The van der Waals surface area contributed by atoms with Gasteiger partial charge >= 0.3 is 0 Å². The van der Waals surface area contributed by atoms with E-state index in [2.05, 4.69) is 16.6 Å². The molecule has 118 valence electrons. The molecule has 1 N–H and O–H groups in total. The van der Waals surface area contributed by atoms with Crippen LogP contribution in [0.3, 0.4) is 0 Å². The first-order valence-electron chi connectivity index (χ1n) is 7.42. The average molecular weight is 331 g/mol. The number of nitrogens with zero attached hydrogens (tertiary/aromatic N) is 1. The van der Waals surface area contributed by atoms with Crippen LogP contribution in [0.15, 0.2) is 24.4 Å². The van der Waals surface area contributed by atoms with E-state index in [1.807, 2.05) is 18.2 Å². The van der Waals surface area contributed by atoms with E-state index >= 15 is 0 Å². The van der Waals surface area contributed by atoms with Crippen molar-refractivity contribution in [1.82, 2.24) is 9.71 Å². The number of aromatic nitrogens is 1. The molecule has 0 spiro atoms. The van der Waals surface area contributed by atoms with Gasteiger partial charge in [0.1, 0.15) is 0 Å². The predicted octanol–water partition coefficient (Wildman–Crippen LogP) is 2.73. The highest BCUT2D eigenvalue weighted by Gasteiger charge is 2.36. The van der Waals surface area contributed by atoms with E-state index in [1.165, 1.54) is 0 Å². The molecule has 0 atom stereocenters. The second kappa shape index (κ2) is 7.07. The maximum atomic E-state index is 12.3. The van der Waals surface area contributed by atoms with Gasteiger partial charge < -0.3 is 0 Å². The molecule has 4 nitrogen and oxygen atoms in total. The van der Waals surface area contributed by atoms with E-state index in [0.717, 1.165) is 31.4 Å². The lowest BCUT2D eigenvalue weighted by atomic mass is 9.79. The maximum Gasteiger partial charge on any atom is 0.212 e. The van der Waals surface area contributed by atoms with Crippen LogP contribution in [0.2, 0.25) is 0 Å². The molecule has 2 rings (SSSR count). The average Bonchev–Trinajstić information content (AvgIpc) is 2.49. The van der Waals surface area contributed by atoms with Gasteiger partial charge in [-0.3, -0.25) is 4.98 Å². The van der Waals surface area contributed by atoms with Crippen LogP contribution in [-0.2, 0) is 16.4 Å². The summed E-state index contributed by atoms with van der Waals surface area (Å²) in [5.41, 5.74) is 0.330. The number of halogens is 1. The Morgan fingerprint density at radius 3 is 2.67 bits per heavy atom. The third kappa shape index (κ3) is 4.94. The van der Waals surface area contributed by atoms with Crippen LogP contribution in [0.5, 0.6) is 0 Å². The summed E-state index contributed by atoms with van der Waals surface area (Å²) in [7, 11) is -3.34.